The fourth-order valence-corrected chi connectivity index (χ4v) is 3.42. The molecule has 0 aliphatic rings. The van der Waals surface area contributed by atoms with Crippen molar-refractivity contribution in [3.8, 4) is 0 Å². The van der Waals surface area contributed by atoms with Crippen LogP contribution in [-0.4, -0.2) is 10.5 Å². The van der Waals surface area contributed by atoms with E-state index in [-0.39, 0.29) is 11.1 Å². The van der Waals surface area contributed by atoms with Gasteiger partial charge in [-0.05, 0) is 28.5 Å². The highest BCUT2D eigenvalue weighted by atomic mass is 35.5. The number of nitrogens with one attached hydrogen (secondary N) is 1. The third kappa shape index (κ3) is 2.57. The number of halogens is 1. The fourth-order valence-electron chi connectivity index (χ4n) is 2.29. The molecule has 2 aromatic heterocycles. The third-order valence-electron chi connectivity index (χ3n) is 3.27. The summed E-state index contributed by atoms with van der Waals surface area (Å²) in [6, 6.07) is 9.52. The molecule has 0 saturated carbocycles. The largest absolute Gasteiger partial charge is 0.365 e. The van der Waals surface area contributed by atoms with E-state index in [1.54, 1.807) is 22.1 Å². The number of aromatic nitrogens is 1. The summed E-state index contributed by atoms with van der Waals surface area (Å²) in [5, 5.41) is 11.7. The van der Waals surface area contributed by atoms with Gasteiger partial charge >= 0.3 is 0 Å². The molecule has 106 valence electrons. The van der Waals surface area contributed by atoms with Crippen LogP contribution in [0.15, 0.2) is 41.9 Å². The van der Waals surface area contributed by atoms with Gasteiger partial charge in [-0.2, -0.15) is 0 Å². The van der Waals surface area contributed by atoms with Crippen LogP contribution in [0.5, 0.6) is 0 Å². The molecule has 0 saturated heterocycles. The monoisotopic (exact) mass is 317 g/mol. The first-order chi connectivity index (χ1) is 10.1. The highest BCUT2D eigenvalue weighted by Crippen LogP contribution is 2.25. The number of hydrogen-bond donors (Lipinski definition) is 2. The Morgan fingerprint density at radius 2 is 2.19 bits per heavy atom. The van der Waals surface area contributed by atoms with E-state index < -0.39 is 5.91 Å². The summed E-state index contributed by atoms with van der Waals surface area (Å²) in [6.45, 7) is 0.470. The summed E-state index contributed by atoms with van der Waals surface area (Å²) in [5.41, 5.74) is 6.57. The molecule has 21 heavy (non-hydrogen) atoms. The van der Waals surface area contributed by atoms with Crippen LogP contribution in [0.1, 0.15) is 15.9 Å². The molecule has 0 aliphatic carbocycles. The maximum Gasteiger partial charge on any atom is 0.252 e. The molecule has 0 aliphatic heterocycles. The summed E-state index contributed by atoms with van der Waals surface area (Å²) >= 11 is 7.67. The van der Waals surface area contributed by atoms with E-state index >= 15 is 0 Å². The average Bonchev–Trinajstić information content (AvgIpc) is 2.91. The first kappa shape index (κ1) is 13.9. The molecule has 1 amide bonds. The molecule has 3 N–H and O–H groups in total. The first-order valence-electron chi connectivity index (χ1n) is 6.26. The second kappa shape index (κ2) is 5.35. The van der Waals surface area contributed by atoms with Crippen LogP contribution in [0.3, 0.4) is 0 Å². The number of amides is 1. The van der Waals surface area contributed by atoms with Gasteiger partial charge in [0, 0.05) is 10.9 Å². The average molecular weight is 318 g/mol. The van der Waals surface area contributed by atoms with Gasteiger partial charge in [0.2, 0.25) is 0 Å². The number of rotatable bonds is 3. The predicted octanol–water partition coefficient (Wildman–Crippen LogP) is 2.98. The van der Waals surface area contributed by atoms with Gasteiger partial charge in [-0.1, -0.05) is 29.8 Å². The topological polar surface area (TPSA) is 71.9 Å². The van der Waals surface area contributed by atoms with Gasteiger partial charge in [-0.25, -0.2) is 0 Å². The number of hydrogen-bond acceptors (Lipinski definition) is 3. The quantitative estimate of drug-likeness (QED) is 0.766. The fraction of sp³-hybridized carbons (Fsp3) is 0.0667. The molecule has 1 aromatic carbocycles. The van der Waals surface area contributed by atoms with Gasteiger partial charge in [-0.15, -0.1) is 11.3 Å². The van der Waals surface area contributed by atoms with Crippen molar-refractivity contribution in [1.29, 1.82) is 5.41 Å². The van der Waals surface area contributed by atoms with Crippen LogP contribution >= 0.6 is 22.9 Å². The van der Waals surface area contributed by atoms with Gasteiger partial charge in [0.15, 0.2) is 0 Å². The number of primary amides is 1. The smallest absolute Gasteiger partial charge is 0.252 e. The molecule has 0 bridgehead atoms. The van der Waals surface area contributed by atoms with Crippen molar-refractivity contribution >= 4 is 38.9 Å². The molecule has 3 rings (SSSR count). The van der Waals surface area contributed by atoms with E-state index in [4.69, 9.17) is 22.7 Å². The summed E-state index contributed by atoms with van der Waals surface area (Å²) in [6.07, 6.45) is 1.64. The Labute approximate surface area is 129 Å². The third-order valence-corrected chi connectivity index (χ3v) is 4.48. The summed E-state index contributed by atoms with van der Waals surface area (Å²) in [5.74, 6) is -0.648. The molecule has 0 radical (unpaired) electrons. The van der Waals surface area contributed by atoms with E-state index in [0.717, 1.165) is 5.56 Å². The Morgan fingerprint density at radius 1 is 1.38 bits per heavy atom. The number of fused-ring (bicyclic) bond motifs is 1. The Hall–Kier alpha value is -2.11. The predicted molar refractivity (Wildman–Crippen MR) is 84.7 cm³/mol. The highest BCUT2D eigenvalue weighted by Gasteiger charge is 2.10. The Morgan fingerprint density at radius 3 is 2.95 bits per heavy atom. The van der Waals surface area contributed by atoms with Crippen LogP contribution in [0.2, 0.25) is 5.02 Å². The van der Waals surface area contributed by atoms with Crippen LogP contribution < -0.4 is 11.2 Å². The summed E-state index contributed by atoms with van der Waals surface area (Å²) in [4.78, 5) is 11.4. The van der Waals surface area contributed by atoms with Crippen molar-refractivity contribution in [1.82, 2.24) is 4.57 Å². The molecule has 3 aromatic rings. The van der Waals surface area contributed by atoms with E-state index in [9.17, 15) is 4.79 Å². The molecular formula is C15H12ClN3OS. The molecule has 2 heterocycles. The lowest BCUT2D eigenvalue weighted by molar-refractivity contribution is 0.0998. The zero-order valence-corrected chi connectivity index (χ0v) is 12.5. The number of carbonyl (C=O) groups excluding carboxylic acids is 1. The Bertz CT molecular complexity index is 897. The lowest BCUT2D eigenvalue weighted by Crippen LogP contribution is -2.29. The highest BCUT2D eigenvalue weighted by molar-refractivity contribution is 7.17. The Kier molecular flexibility index (Phi) is 3.53. The summed E-state index contributed by atoms with van der Waals surface area (Å²) < 4.78 is 2.81. The van der Waals surface area contributed by atoms with Crippen molar-refractivity contribution in [2.45, 2.75) is 6.54 Å². The zero-order chi connectivity index (χ0) is 15.0. The van der Waals surface area contributed by atoms with Gasteiger partial charge in [0.1, 0.15) is 5.49 Å². The molecular weight excluding hydrogens is 306 g/mol. The molecule has 4 nitrogen and oxygen atoms in total. The minimum Gasteiger partial charge on any atom is -0.365 e. The maximum absolute atomic E-state index is 11.4. The Balaban J connectivity index is 2.12. The zero-order valence-electron chi connectivity index (χ0n) is 11.0. The van der Waals surface area contributed by atoms with E-state index in [0.29, 0.717) is 11.6 Å². The number of nitrogens with zero attached hydrogens (tertiary/aromatic N) is 1. The van der Waals surface area contributed by atoms with E-state index in [1.807, 2.05) is 17.5 Å². The van der Waals surface area contributed by atoms with Crippen LogP contribution in [-0.2, 0) is 6.54 Å². The SMILES string of the molecule is N=c1c(C(N)=O)cc(Cl)cn1Cc1cccc2ccsc12. The minimum absolute atomic E-state index is 0.0699. The van der Waals surface area contributed by atoms with Gasteiger partial charge < -0.3 is 10.3 Å². The van der Waals surface area contributed by atoms with Crippen molar-refractivity contribution in [3.63, 3.8) is 0 Å². The van der Waals surface area contributed by atoms with Crippen LogP contribution in [0, 0.1) is 5.41 Å². The lowest BCUT2D eigenvalue weighted by Gasteiger charge is -2.11. The molecule has 6 heteroatoms. The maximum atomic E-state index is 11.4. The molecule has 0 unspecified atom stereocenters. The number of carbonyl (C=O) groups is 1. The standard InChI is InChI=1S/C15H12ClN3OS/c16-11-6-12(15(18)20)14(17)19(8-11)7-10-3-1-2-9-4-5-21-13(9)10/h1-6,8,17H,7H2,(H2,18,20). The minimum atomic E-state index is -0.648. The summed E-state index contributed by atoms with van der Waals surface area (Å²) in [7, 11) is 0. The lowest BCUT2D eigenvalue weighted by atomic mass is 10.1. The normalized spacial score (nSPS) is 10.9. The van der Waals surface area contributed by atoms with Crippen LogP contribution in [0.4, 0.5) is 0 Å². The van der Waals surface area contributed by atoms with Crippen molar-refractivity contribution in [3.05, 3.63) is 63.5 Å². The molecule has 0 fully saturated rings. The van der Waals surface area contributed by atoms with E-state index in [2.05, 4.69) is 12.1 Å². The van der Waals surface area contributed by atoms with Crippen molar-refractivity contribution < 1.29 is 4.79 Å². The van der Waals surface area contributed by atoms with Gasteiger partial charge in [0.25, 0.3) is 5.91 Å². The van der Waals surface area contributed by atoms with Gasteiger partial charge in [0.05, 0.1) is 17.1 Å². The van der Waals surface area contributed by atoms with E-state index in [1.165, 1.54) is 16.2 Å². The van der Waals surface area contributed by atoms with Gasteiger partial charge in [-0.3, -0.25) is 10.2 Å². The second-order valence-corrected chi connectivity index (χ2v) is 6.02. The second-order valence-electron chi connectivity index (χ2n) is 4.67. The van der Waals surface area contributed by atoms with Crippen molar-refractivity contribution in [2.75, 3.05) is 0 Å². The number of thiophene rings is 1. The number of benzene rings is 1. The molecule has 0 atom stereocenters. The van der Waals surface area contributed by atoms with Crippen LogP contribution in [0.25, 0.3) is 10.1 Å². The molecule has 0 spiro atoms. The first-order valence-corrected chi connectivity index (χ1v) is 7.51. The number of nitrogens with two attached hydrogens (primary N) is 1. The van der Waals surface area contributed by atoms with Crippen molar-refractivity contribution in [2.24, 2.45) is 5.73 Å². The number of pyridine rings is 1.